The highest BCUT2D eigenvalue weighted by molar-refractivity contribution is 5.97. The highest BCUT2D eigenvalue weighted by Gasteiger charge is 2.04. The molecular weight excluding hydrogens is 276 g/mol. The Morgan fingerprint density at radius 3 is 2.64 bits per heavy atom. The Labute approximate surface area is 128 Å². The van der Waals surface area contributed by atoms with Gasteiger partial charge in [-0.25, -0.2) is 0 Å². The Kier molecular flexibility index (Phi) is 3.92. The van der Waals surface area contributed by atoms with Gasteiger partial charge in [0, 0.05) is 5.56 Å². The average molecular weight is 292 g/mol. The Morgan fingerprint density at radius 2 is 1.77 bits per heavy atom. The average Bonchev–Trinajstić information content (AvgIpc) is 2.59. The maximum absolute atomic E-state index is 8.73. The molecule has 0 saturated carbocycles. The summed E-state index contributed by atoms with van der Waals surface area (Å²) in [6.07, 6.45) is 0. The summed E-state index contributed by atoms with van der Waals surface area (Å²) in [6.45, 7) is 0.459. The molecule has 3 aromatic rings. The van der Waals surface area contributed by atoms with Crippen molar-refractivity contribution in [1.82, 2.24) is 0 Å². The van der Waals surface area contributed by atoms with Crippen LogP contribution in [0.1, 0.15) is 11.1 Å². The molecule has 4 heteroatoms. The van der Waals surface area contributed by atoms with Gasteiger partial charge in [-0.15, -0.1) is 0 Å². The van der Waals surface area contributed by atoms with Gasteiger partial charge in [0.25, 0.3) is 0 Å². The predicted octanol–water partition coefficient (Wildman–Crippen LogP) is 3.51. The van der Waals surface area contributed by atoms with E-state index in [0.717, 1.165) is 5.56 Å². The monoisotopic (exact) mass is 292 g/mol. The second kappa shape index (κ2) is 6.18. The first kappa shape index (κ1) is 13.9. The Balaban J connectivity index is 1.83. The zero-order valence-electron chi connectivity index (χ0n) is 11.9. The predicted molar refractivity (Wildman–Crippen MR) is 87.2 cm³/mol. The lowest BCUT2D eigenvalue weighted by molar-refractivity contribution is 0.307. The van der Waals surface area contributed by atoms with Crippen molar-refractivity contribution < 1.29 is 9.94 Å². The minimum atomic E-state index is 0.0654. The third-order valence-corrected chi connectivity index (χ3v) is 3.51. The molecule has 0 atom stereocenters. The van der Waals surface area contributed by atoms with E-state index in [1.807, 2.05) is 30.3 Å². The lowest BCUT2D eigenvalue weighted by atomic mass is 10.1. The third kappa shape index (κ3) is 2.86. The summed E-state index contributed by atoms with van der Waals surface area (Å²) < 4.78 is 5.84. The number of hydrogen-bond donors (Lipinski definition) is 2. The lowest BCUT2D eigenvalue weighted by Crippen LogP contribution is -2.12. The molecule has 3 N–H and O–H groups in total. The molecule has 0 radical (unpaired) electrons. The van der Waals surface area contributed by atoms with E-state index >= 15 is 0 Å². The van der Waals surface area contributed by atoms with Crippen LogP contribution < -0.4 is 10.5 Å². The quantitative estimate of drug-likeness (QED) is 0.334. The van der Waals surface area contributed by atoms with Gasteiger partial charge < -0.3 is 15.7 Å². The van der Waals surface area contributed by atoms with Crippen LogP contribution in [-0.4, -0.2) is 11.0 Å². The minimum Gasteiger partial charge on any atom is -0.489 e. The summed E-state index contributed by atoms with van der Waals surface area (Å²) in [4.78, 5) is 0. The molecule has 110 valence electrons. The Bertz CT molecular complexity index is 823. The van der Waals surface area contributed by atoms with E-state index in [1.165, 1.54) is 10.8 Å². The number of benzene rings is 3. The van der Waals surface area contributed by atoms with Crippen molar-refractivity contribution in [3.05, 3.63) is 77.9 Å². The van der Waals surface area contributed by atoms with Crippen LogP contribution in [0.3, 0.4) is 0 Å². The van der Waals surface area contributed by atoms with E-state index in [4.69, 9.17) is 15.7 Å². The molecule has 22 heavy (non-hydrogen) atoms. The lowest BCUT2D eigenvalue weighted by Gasteiger charge is -2.10. The summed E-state index contributed by atoms with van der Waals surface area (Å²) in [5.74, 6) is 0.743. The second-order valence-electron chi connectivity index (χ2n) is 4.94. The van der Waals surface area contributed by atoms with Crippen LogP contribution in [0.2, 0.25) is 0 Å². The van der Waals surface area contributed by atoms with Crippen molar-refractivity contribution in [3.8, 4) is 5.75 Å². The van der Waals surface area contributed by atoms with E-state index in [0.29, 0.717) is 17.9 Å². The van der Waals surface area contributed by atoms with Crippen LogP contribution >= 0.6 is 0 Å². The van der Waals surface area contributed by atoms with Crippen LogP contribution in [0.25, 0.3) is 10.8 Å². The molecule has 3 rings (SSSR count). The fourth-order valence-corrected chi connectivity index (χ4v) is 2.38. The van der Waals surface area contributed by atoms with Gasteiger partial charge >= 0.3 is 0 Å². The smallest absolute Gasteiger partial charge is 0.170 e. The van der Waals surface area contributed by atoms with Crippen LogP contribution in [0.4, 0.5) is 0 Å². The standard InChI is InChI=1S/C18H16N2O2/c19-18(20-21)14-7-4-9-16(11-14)22-12-15-8-3-6-13-5-1-2-10-17(13)15/h1-11,21H,12H2,(H2,19,20). The molecule has 0 aliphatic rings. The third-order valence-electron chi connectivity index (χ3n) is 3.51. The summed E-state index contributed by atoms with van der Waals surface area (Å²) in [5, 5.41) is 14.1. The first-order valence-corrected chi connectivity index (χ1v) is 6.95. The van der Waals surface area contributed by atoms with Gasteiger partial charge in [-0.3, -0.25) is 0 Å². The van der Waals surface area contributed by atoms with Crippen LogP contribution in [-0.2, 0) is 6.61 Å². The van der Waals surface area contributed by atoms with E-state index in [2.05, 4.69) is 29.4 Å². The summed E-state index contributed by atoms with van der Waals surface area (Å²) in [5.41, 5.74) is 7.33. The zero-order valence-corrected chi connectivity index (χ0v) is 11.9. The maximum atomic E-state index is 8.73. The van der Waals surface area contributed by atoms with E-state index in [9.17, 15) is 0 Å². The molecule has 3 aromatic carbocycles. The molecule has 0 saturated heterocycles. The first-order chi connectivity index (χ1) is 10.8. The molecule has 4 nitrogen and oxygen atoms in total. The molecule has 0 bridgehead atoms. The Morgan fingerprint density at radius 1 is 1.00 bits per heavy atom. The largest absolute Gasteiger partial charge is 0.489 e. The van der Waals surface area contributed by atoms with E-state index in [1.54, 1.807) is 12.1 Å². The zero-order chi connectivity index (χ0) is 15.4. The number of nitrogens with two attached hydrogens (primary N) is 1. The number of amidine groups is 1. The van der Waals surface area contributed by atoms with E-state index in [-0.39, 0.29) is 5.84 Å². The van der Waals surface area contributed by atoms with Gasteiger partial charge in [0.05, 0.1) is 0 Å². The molecule has 0 aromatic heterocycles. The number of rotatable bonds is 4. The van der Waals surface area contributed by atoms with E-state index < -0.39 is 0 Å². The van der Waals surface area contributed by atoms with Crippen LogP contribution in [0, 0.1) is 0 Å². The highest BCUT2D eigenvalue weighted by Crippen LogP contribution is 2.21. The molecule has 0 aliphatic carbocycles. The van der Waals surface area contributed by atoms with Gasteiger partial charge in [0.15, 0.2) is 5.84 Å². The van der Waals surface area contributed by atoms with Crippen molar-refractivity contribution in [1.29, 1.82) is 0 Å². The first-order valence-electron chi connectivity index (χ1n) is 6.95. The van der Waals surface area contributed by atoms with Crippen LogP contribution in [0.5, 0.6) is 5.75 Å². The van der Waals surface area contributed by atoms with Crippen molar-refractivity contribution in [3.63, 3.8) is 0 Å². The summed E-state index contributed by atoms with van der Waals surface area (Å²) in [7, 11) is 0. The highest BCUT2D eigenvalue weighted by atomic mass is 16.5. The molecule has 0 amide bonds. The van der Waals surface area contributed by atoms with Crippen LogP contribution in [0.15, 0.2) is 71.9 Å². The fourth-order valence-electron chi connectivity index (χ4n) is 2.38. The summed E-state index contributed by atoms with van der Waals surface area (Å²) in [6, 6.07) is 21.5. The van der Waals surface area contributed by atoms with Gasteiger partial charge in [0.1, 0.15) is 12.4 Å². The second-order valence-corrected chi connectivity index (χ2v) is 4.94. The fraction of sp³-hybridized carbons (Fsp3) is 0.0556. The SMILES string of the molecule is N/C(=N\O)c1cccc(OCc2cccc3ccccc23)c1. The van der Waals surface area contributed by atoms with Crippen molar-refractivity contribution in [2.75, 3.05) is 0 Å². The molecular formula is C18H16N2O2. The van der Waals surface area contributed by atoms with Gasteiger partial charge in [-0.1, -0.05) is 59.8 Å². The number of nitrogens with zero attached hydrogens (tertiary/aromatic N) is 1. The normalized spacial score (nSPS) is 11.5. The number of fused-ring (bicyclic) bond motifs is 1. The number of hydrogen-bond acceptors (Lipinski definition) is 3. The summed E-state index contributed by atoms with van der Waals surface area (Å²) >= 11 is 0. The van der Waals surface area contributed by atoms with Gasteiger partial charge in [-0.2, -0.15) is 0 Å². The van der Waals surface area contributed by atoms with Crippen molar-refractivity contribution >= 4 is 16.6 Å². The molecule has 0 heterocycles. The van der Waals surface area contributed by atoms with Gasteiger partial charge in [0.2, 0.25) is 0 Å². The molecule has 0 aliphatic heterocycles. The molecule has 0 spiro atoms. The molecule has 0 unspecified atom stereocenters. The Hall–Kier alpha value is -3.01. The number of ether oxygens (including phenoxy) is 1. The van der Waals surface area contributed by atoms with Crippen molar-refractivity contribution in [2.24, 2.45) is 10.9 Å². The molecule has 0 fully saturated rings. The topological polar surface area (TPSA) is 67.8 Å². The maximum Gasteiger partial charge on any atom is 0.170 e. The van der Waals surface area contributed by atoms with Crippen molar-refractivity contribution in [2.45, 2.75) is 6.61 Å². The van der Waals surface area contributed by atoms with Gasteiger partial charge in [-0.05, 0) is 28.5 Å². The minimum absolute atomic E-state index is 0.0654. The number of oxime groups is 1.